The van der Waals surface area contributed by atoms with Crippen molar-refractivity contribution in [2.24, 2.45) is 13.0 Å². The summed E-state index contributed by atoms with van der Waals surface area (Å²) >= 11 is 1.29. The number of aryl methyl sites for hydroxylation is 1. The lowest BCUT2D eigenvalue weighted by Gasteiger charge is -2.10. The molecule has 1 fully saturated rings. The van der Waals surface area contributed by atoms with Gasteiger partial charge in [-0.3, -0.25) is 9.59 Å². The van der Waals surface area contributed by atoms with E-state index in [1.807, 2.05) is 31.3 Å². The van der Waals surface area contributed by atoms with E-state index in [0.29, 0.717) is 28.7 Å². The number of hydrogen-bond donors (Lipinski definition) is 2. The van der Waals surface area contributed by atoms with Crippen LogP contribution in [0.5, 0.6) is 0 Å². The summed E-state index contributed by atoms with van der Waals surface area (Å²) in [6.07, 6.45) is 4.10. The number of anilines is 2. The first-order valence-corrected chi connectivity index (χ1v) is 11.4. The minimum absolute atomic E-state index is 0.186. The van der Waals surface area contributed by atoms with Crippen LogP contribution in [0.4, 0.5) is 11.4 Å². The molecule has 9 heteroatoms. The minimum Gasteiger partial charge on any atom is -0.376 e. The van der Waals surface area contributed by atoms with E-state index in [9.17, 15) is 9.59 Å². The Balaban J connectivity index is 1.30. The monoisotopic (exact) mass is 451 g/mol. The predicted octanol–water partition coefficient (Wildman–Crippen LogP) is 3.72. The fraction of sp³-hybridized carbons (Fsp3) is 0.304. The van der Waals surface area contributed by atoms with E-state index < -0.39 is 0 Å². The summed E-state index contributed by atoms with van der Waals surface area (Å²) in [5.74, 6) is 0.481. The van der Waals surface area contributed by atoms with Gasteiger partial charge in [-0.1, -0.05) is 30.0 Å². The molecule has 1 heterocycles. The number of amides is 2. The minimum atomic E-state index is -0.245. The zero-order chi connectivity index (χ0) is 22.3. The largest absolute Gasteiger partial charge is 0.376 e. The second kappa shape index (κ2) is 10.4. The van der Waals surface area contributed by atoms with Crippen LogP contribution in [0.15, 0.2) is 60.0 Å². The van der Waals surface area contributed by atoms with Crippen LogP contribution in [0.2, 0.25) is 0 Å². The molecule has 0 saturated heterocycles. The van der Waals surface area contributed by atoms with Crippen LogP contribution in [0.3, 0.4) is 0 Å². The van der Waals surface area contributed by atoms with E-state index in [1.54, 1.807) is 35.2 Å². The standard InChI is InChI=1S/C23H25N5O3S/c1-28-15-24-27-23(28)32-14-21(29)25-20-7-3-5-18(11-20)22(30)26-19-6-2-4-17(10-19)13-31-12-16-8-9-16/h2-7,10-11,15-16H,8-9,12-14H2,1H3,(H,25,29)(H,26,30). The number of carbonyl (C=O) groups excluding carboxylic acids is 2. The Labute approximate surface area is 190 Å². The molecule has 2 N–H and O–H groups in total. The fourth-order valence-electron chi connectivity index (χ4n) is 3.04. The van der Waals surface area contributed by atoms with Gasteiger partial charge >= 0.3 is 0 Å². The molecule has 2 aromatic carbocycles. The SMILES string of the molecule is Cn1cnnc1SCC(=O)Nc1cccc(C(=O)Nc2cccc(COCC3CC3)c2)c1. The molecule has 8 nitrogen and oxygen atoms in total. The van der Waals surface area contributed by atoms with Gasteiger partial charge in [-0.05, 0) is 54.7 Å². The van der Waals surface area contributed by atoms with Gasteiger partial charge in [0.15, 0.2) is 5.16 Å². The van der Waals surface area contributed by atoms with Crippen molar-refractivity contribution < 1.29 is 14.3 Å². The number of rotatable bonds is 10. The molecule has 0 spiro atoms. The number of aromatic nitrogens is 3. The van der Waals surface area contributed by atoms with Gasteiger partial charge < -0.3 is 19.9 Å². The van der Waals surface area contributed by atoms with Crippen LogP contribution in [0.1, 0.15) is 28.8 Å². The van der Waals surface area contributed by atoms with E-state index >= 15 is 0 Å². The molecular weight excluding hydrogens is 426 g/mol. The zero-order valence-electron chi connectivity index (χ0n) is 17.8. The molecule has 166 valence electrons. The molecule has 1 aromatic heterocycles. The lowest BCUT2D eigenvalue weighted by Crippen LogP contribution is -2.16. The second-order valence-corrected chi connectivity index (χ2v) is 8.70. The maximum absolute atomic E-state index is 12.7. The number of nitrogens with zero attached hydrogens (tertiary/aromatic N) is 3. The van der Waals surface area contributed by atoms with Gasteiger partial charge in [0, 0.05) is 30.6 Å². The van der Waals surface area contributed by atoms with E-state index in [2.05, 4.69) is 20.8 Å². The van der Waals surface area contributed by atoms with Gasteiger partial charge in [-0.2, -0.15) is 0 Å². The highest BCUT2D eigenvalue weighted by Gasteiger charge is 2.21. The number of ether oxygens (including phenoxy) is 1. The van der Waals surface area contributed by atoms with Crippen molar-refractivity contribution in [2.45, 2.75) is 24.6 Å². The molecule has 1 aliphatic rings. The summed E-state index contributed by atoms with van der Waals surface area (Å²) in [6, 6.07) is 14.5. The third kappa shape index (κ3) is 6.41. The molecule has 2 amide bonds. The second-order valence-electron chi connectivity index (χ2n) is 7.76. The smallest absolute Gasteiger partial charge is 0.255 e. The van der Waals surface area contributed by atoms with Crippen LogP contribution >= 0.6 is 11.8 Å². The van der Waals surface area contributed by atoms with E-state index in [0.717, 1.165) is 18.1 Å². The molecule has 1 aliphatic carbocycles. The van der Waals surface area contributed by atoms with Crippen molar-refractivity contribution in [2.75, 3.05) is 23.0 Å². The highest BCUT2D eigenvalue weighted by molar-refractivity contribution is 7.99. The van der Waals surface area contributed by atoms with Crippen molar-refractivity contribution in [1.82, 2.24) is 14.8 Å². The van der Waals surface area contributed by atoms with E-state index in [1.165, 1.54) is 24.6 Å². The third-order valence-electron chi connectivity index (χ3n) is 4.91. The highest BCUT2D eigenvalue weighted by atomic mass is 32.2. The predicted molar refractivity (Wildman–Crippen MR) is 124 cm³/mol. The number of benzene rings is 2. The fourth-order valence-corrected chi connectivity index (χ4v) is 3.73. The molecule has 0 bridgehead atoms. The number of hydrogen-bond acceptors (Lipinski definition) is 6. The lowest BCUT2D eigenvalue weighted by molar-refractivity contribution is -0.113. The summed E-state index contributed by atoms with van der Waals surface area (Å²) in [5, 5.41) is 14.1. The number of carbonyl (C=O) groups is 2. The van der Waals surface area contributed by atoms with Gasteiger partial charge in [0.25, 0.3) is 5.91 Å². The Morgan fingerprint density at radius 3 is 2.66 bits per heavy atom. The topological polar surface area (TPSA) is 98.1 Å². The maximum atomic E-state index is 12.7. The van der Waals surface area contributed by atoms with Crippen molar-refractivity contribution in [3.05, 3.63) is 66.0 Å². The van der Waals surface area contributed by atoms with Gasteiger partial charge in [0.1, 0.15) is 6.33 Å². The van der Waals surface area contributed by atoms with Crippen molar-refractivity contribution in [1.29, 1.82) is 0 Å². The first kappa shape index (κ1) is 22.0. The third-order valence-corrected chi connectivity index (χ3v) is 5.95. The Morgan fingerprint density at radius 1 is 1.12 bits per heavy atom. The van der Waals surface area contributed by atoms with Crippen LogP contribution in [0.25, 0.3) is 0 Å². The molecule has 3 aromatic rings. The van der Waals surface area contributed by atoms with Crippen LogP contribution in [-0.2, 0) is 23.2 Å². The first-order valence-electron chi connectivity index (χ1n) is 10.4. The van der Waals surface area contributed by atoms with Crippen LogP contribution < -0.4 is 10.6 Å². The molecule has 0 atom stereocenters. The Morgan fingerprint density at radius 2 is 1.91 bits per heavy atom. The molecule has 32 heavy (non-hydrogen) atoms. The summed E-state index contributed by atoms with van der Waals surface area (Å²) in [5.41, 5.74) is 2.74. The van der Waals surface area contributed by atoms with Gasteiger partial charge in [-0.15, -0.1) is 10.2 Å². The Bertz CT molecular complexity index is 1100. The summed E-state index contributed by atoms with van der Waals surface area (Å²) in [7, 11) is 1.82. The molecule has 4 rings (SSSR count). The first-order chi connectivity index (χ1) is 15.6. The summed E-state index contributed by atoms with van der Waals surface area (Å²) in [4.78, 5) is 25.0. The Kier molecular flexibility index (Phi) is 7.18. The highest BCUT2D eigenvalue weighted by Crippen LogP contribution is 2.29. The van der Waals surface area contributed by atoms with Crippen LogP contribution in [-0.4, -0.2) is 38.9 Å². The van der Waals surface area contributed by atoms with E-state index in [4.69, 9.17) is 4.74 Å². The average molecular weight is 452 g/mol. The van der Waals surface area contributed by atoms with Crippen molar-refractivity contribution in [3.63, 3.8) is 0 Å². The molecule has 1 saturated carbocycles. The number of thioether (sulfide) groups is 1. The van der Waals surface area contributed by atoms with Crippen molar-refractivity contribution in [3.8, 4) is 0 Å². The molecule has 0 radical (unpaired) electrons. The van der Waals surface area contributed by atoms with Gasteiger partial charge in [-0.25, -0.2) is 0 Å². The summed E-state index contributed by atoms with van der Waals surface area (Å²) < 4.78 is 7.47. The zero-order valence-corrected chi connectivity index (χ0v) is 18.6. The average Bonchev–Trinajstić information content (AvgIpc) is 3.52. The van der Waals surface area contributed by atoms with E-state index in [-0.39, 0.29) is 17.6 Å². The van der Waals surface area contributed by atoms with Gasteiger partial charge in [0.2, 0.25) is 5.91 Å². The van der Waals surface area contributed by atoms with Gasteiger partial charge in [0.05, 0.1) is 12.4 Å². The quantitative estimate of drug-likeness (QED) is 0.456. The maximum Gasteiger partial charge on any atom is 0.255 e. The lowest BCUT2D eigenvalue weighted by atomic mass is 10.1. The molecule has 0 unspecified atom stereocenters. The molecular formula is C23H25N5O3S. The Hall–Kier alpha value is -3.17. The molecule has 0 aliphatic heterocycles. The van der Waals surface area contributed by atoms with Crippen LogP contribution in [0, 0.1) is 5.92 Å². The normalized spacial score (nSPS) is 13.0. The van der Waals surface area contributed by atoms with Crippen molar-refractivity contribution >= 4 is 35.0 Å². The summed E-state index contributed by atoms with van der Waals surface area (Å²) in [6.45, 7) is 1.33. The number of nitrogens with one attached hydrogen (secondary N) is 2.